The summed E-state index contributed by atoms with van der Waals surface area (Å²) >= 11 is 0. The minimum atomic E-state index is -0.160. The van der Waals surface area contributed by atoms with Crippen LogP contribution in [0.1, 0.15) is 24.0 Å². The molecule has 1 aliphatic rings. The summed E-state index contributed by atoms with van der Waals surface area (Å²) in [6.45, 7) is -0.0129. The van der Waals surface area contributed by atoms with Gasteiger partial charge in [0.1, 0.15) is 5.75 Å². The number of rotatable bonds is 4. The van der Waals surface area contributed by atoms with Crippen LogP contribution in [0.15, 0.2) is 42.5 Å². The molecule has 114 valence electrons. The molecule has 0 heterocycles. The Labute approximate surface area is 130 Å². The highest BCUT2D eigenvalue weighted by Gasteiger charge is 2.11. The van der Waals surface area contributed by atoms with Gasteiger partial charge in [-0.15, -0.1) is 0 Å². The van der Waals surface area contributed by atoms with Crippen LogP contribution in [-0.2, 0) is 17.6 Å². The first-order chi connectivity index (χ1) is 10.7. The van der Waals surface area contributed by atoms with Crippen LogP contribution in [0.4, 0.5) is 11.4 Å². The van der Waals surface area contributed by atoms with Crippen molar-refractivity contribution in [2.45, 2.75) is 25.7 Å². The maximum Gasteiger partial charge on any atom is 0.262 e. The molecule has 0 aromatic heterocycles. The van der Waals surface area contributed by atoms with Crippen molar-refractivity contribution >= 4 is 17.3 Å². The highest BCUT2D eigenvalue weighted by atomic mass is 16.5. The largest absolute Gasteiger partial charge is 0.484 e. The van der Waals surface area contributed by atoms with Crippen molar-refractivity contribution in [2.75, 3.05) is 17.7 Å². The van der Waals surface area contributed by atoms with E-state index in [1.54, 1.807) is 24.3 Å². The molecule has 0 spiro atoms. The smallest absolute Gasteiger partial charge is 0.262 e. The number of benzene rings is 2. The zero-order chi connectivity index (χ0) is 15.4. The molecule has 0 aliphatic heterocycles. The third-order valence-electron chi connectivity index (χ3n) is 3.88. The van der Waals surface area contributed by atoms with Gasteiger partial charge in [0.25, 0.3) is 5.91 Å². The Morgan fingerprint density at radius 3 is 2.55 bits per heavy atom. The minimum absolute atomic E-state index is 0.0129. The average molecular weight is 296 g/mol. The van der Waals surface area contributed by atoms with E-state index >= 15 is 0 Å². The number of anilines is 2. The van der Waals surface area contributed by atoms with Crippen molar-refractivity contribution in [2.24, 2.45) is 0 Å². The molecular weight excluding hydrogens is 276 g/mol. The minimum Gasteiger partial charge on any atom is -0.484 e. The molecular formula is C18H20N2O2. The van der Waals surface area contributed by atoms with Gasteiger partial charge in [-0.25, -0.2) is 0 Å². The third kappa shape index (κ3) is 3.58. The fourth-order valence-corrected chi connectivity index (χ4v) is 2.72. The van der Waals surface area contributed by atoms with Crippen molar-refractivity contribution in [3.63, 3.8) is 0 Å². The lowest BCUT2D eigenvalue weighted by Crippen LogP contribution is -2.20. The predicted molar refractivity (Wildman–Crippen MR) is 88.1 cm³/mol. The highest BCUT2D eigenvalue weighted by Crippen LogP contribution is 2.24. The zero-order valence-corrected chi connectivity index (χ0v) is 12.5. The van der Waals surface area contributed by atoms with Crippen molar-refractivity contribution < 1.29 is 9.53 Å². The number of carbonyl (C=O) groups excluding carboxylic acids is 1. The molecule has 0 saturated heterocycles. The fraction of sp³-hybridized carbons (Fsp3) is 0.278. The van der Waals surface area contributed by atoms with E-state index < -0.39 is 0 Å². The molecule has 4 heteroatoms. The molecule has 22 heavy (non-hydrogen) atoms. The summed E-state index contributed by atoms with van der Waals surface area (Å²) in [5.41, 5.74) is 9.87. The average Bonchev–Trinajstić information content (AvgIpc) is 2.54. The van der Waals surface area contributed by atoms with Gasteiger partial charge in [-0.2, -0.15) is 0 Å². The molecule has 1 amide bonds. The quantitative estimate of drug-likeness (QED) is 0.852. The van der Waals surface area contributed by atoms with Gasteiger partial charge in [0.05, 0.1) is 0 Å². The van der Waals surface area contributed by atoms with Crippen molar-refractivity contribution in [1.29, 1.82) is 0 Å². The Hall–Kier alpha value is -2.49. The van der Waals surface area contributed by atoms with E-state index in [0.29, 0.717) is 11.4 Å². The number of fused-ring (bicyclic) bond motifs is 1. The van der Waals surface area contributed by atoms with E-state index in [1.807, 2.05) is 6.07 Å². The maximum absolute atomic E-state index is 12.0. The monoisotopic (exact) mass is 296 g/mol. The van der Waals surface area contributed by atoms with E-state index in [1.165, 1.54) is 24.0 Å². The van der Waals surface area contributed by atoms with Crippen molar-refractivity contribution in [3.8, 4) is 5.75 Å². The summed E-state index contributed by atoms with van der Waals surface area (Å²) < 4.78 is 5.44. The van der Waals surface area contributed by atoms with Gasteiger partial charge in [-0.1, -0.05) is 6.07 Å². The van der Waals surface area contributed by atoms with Crippen LogP contribution < -0.4 is 15.8 Å². The van der Waals surface area contributed by atoms with Gasteiger partial charge in [0.15, 0.2) is 6.61 Å². The van der Waals surface area contributed by atoms with Crippen LogP contribution in [0.3, 0.4) is 0 Å². The first-order valence-electron chi connectivity index (χ1n) is 7.61. The molecule has 3 N–H and O–H groups in total. The van der Waals surface area contributed by atoms with Crippen molar-refractivity contribution in [3.05, 3.63) is 53.6 Å². The summed E-state index contributed by atoms with van der Waals surface area (Å²) in [5.74, 6) is 0.474. The Morgan fingerprint density at radius 1 is 1.05 bits per heavy atom. The Morgan fingerprint density at radius 2 is 1.77 bits per heavy atom. The lowest BCUT2D eigenvalue weighted by Gasteiger charge is -2.17. The van der Waals surface area contributed by atoms with Gasteiger partial charge in [-0.3, -0.25) is 4.79 Å². The summed E-state index contributed by atoms with van der Waals surface area (Å²) in [6, 6.07) is 13.2. The zero-order valence-electron chi connectivity index (χ0n) is 12.5. The number of hydrogen-bond acceptors (Lipinski definition) is 3. The molecule has 0 unspecified atom stereocenters. The van der Waals surface area contributed by atoms with Crippen LogP contribution >= 0.6 is 0 Å². The molecule has 2 aromatic carbocycles. The second-order valence-corrected chi connectivity index (χ2v) is 5.60. The number of amides is 1. The Bertz CT molecular complexity index is 665. The maximum atomic E-state index is 12.0. The number of hydrogen-bond donors (Lipinski definition) is 2. The first-order valence-corrected chi connectivity index (χ1v) is 7.61. The van der Waals surface area contributed by atoms with Gasteiger partial charge in [0, 0.05) is 11.4 Å². The van der Waals surface area contributed by atoms with Crippen molar-refractivity contribution in [1.82, 2.24) is 0 Å². The number of nitrogens with two attached hydrogens (primary N) is 1. The number of nitrogen functional groups attached to an aromatic ring is 1. The van der Waals surface area contributed by atoms with Crippen LogP contribution in [0.2, 0.25) is 0 Å². The molecule has 0 atom stereocenters. The number of nitrogens with one attached hydrogen (secondary N) is 1. The van der Waals surface area contributed by atoms with E-state index in [-0.39, 0.29) is 12.5 Å². The van der Waals surface area contributed by atoms with E-state index in [9.17, 15) is 4.79 Å². The molecule has 4 nitrogen and oxygen atoms in total. The van der Waals surface area contributed by atoms with Gasteiger partial charge < -0.3 is 15.8 Å². The summed E-state index contributed by atoms with van der Waals surface area (Å²) in [6.07, 6.45) is 4.73. The van der Waals surface area contributed by atoms with E-state index in [2.05, 4.69) is 17.4 Å². The summed E-state index contributed by atoms with van der Waals surface area (Å²) in [5, 5.41) is 2.89. The molecule has 1 aliphatic carbocycles. The topological polar surface area (TPSA) is 64.3 Å². The molecule has 3 rings (SSSR count). The summed E-state index contributed by atoms with van der Waals surface area (Å²) in [4.78, 5) is 12.0. The SMILES string of the molecule is Nc1ccc(OCC(=O)Nc2ccc3c(c2)CCCC3)cc1. The Kier molecular flexibility index (Phi) is 4.28. The third-order valence-corrected chi connectivity index (χ3v) is 3.88. The van der Waals surface area contributed by atoms with Gasteiger partial charge in [-0.05, 0) is 73.2 Å². The predicted octanol–water partition coefficient (Wildman–Crippen LogP) is 3.17. The molecule has 0 fully saturated rings. The van der Waals surface area contributed by atoms with Gasteiger partial charge >= 0.3 is 0 Å². The van der Waals surface area contributed by atoms with Crippen LogP contribution in [0, 0.1) is 0 Å². The fourth-order valence-electron chi connectivity index (χ4n) is 2.72. The second-order valence-electron chi connectivity index (χ2n) is 5.60. The Balaban J connectivity index is 1.56. The normalized spacial score (nSPS) is 13.3. The molecule has 0 radical (unpaired) electrons. The number of aryl methyl sites for hydroxylation is 2. The number of ether oxygens (including phenoxy) is 1. The standard InChI is InChI=1S/C18H20N2O2/c19-15-6-9-17(10-7-15)22-12-18(21)20-16-8-5-13-3-1-2-4-14(13)11-16/h5-11H,1-4,12,19H2,(H,20,21). The molecule has 0 bridgehead atoms. The second kappa shape index (κ2) is 6.52. The molecule has 2 aromatic rings. The van der Waals surface area contributed by atoms with Crippen LogP contribution in [-0.4, -0.2) is 12.5 Å². The van der Waals surface area contributed by atoms with Gasteiger partial charge in [0.2, 0.25) is 0 Å². The van der Waals surface area contributed by atoms with Crippen LogP contribution in [0.25, 0.3) is 0 Å². The molecule has 0 saturated carbocycles. The number of carbonyl (C=O) groups is 1. The van der Waals surface area contributed by atoms with Crippen LogP contribution in [0.5, 0.6) is 5.75 Å². The summed E-state index contributed by atoms with van der Waals surface area (Å²) in [7, 11) is 0. The lowest BCUT2D eigenvalue weighted by molar-refractivity contribution is -0.118. The lowest BCUT2D eigenvalue weighted by atomic mass is 9.91. The first kappa shape index (κ1) is 14.4. The van der Waals surface area contributed by atoms with E-state index in [4.69, 9.17) is 10.5 Å². The highest BCUT2D eigenvalue weighted by molar-refractivity contribution is 5.92. The van der Waals surface area contributed by atoms with E-state index in [0.717, 1.165) is 18.5 Å².